The van der Waals surface area contributed by atoms with Gasteiger partial charge in [-0.2, -0.15) is 9.98 Å². The van der Waals surface area contributed by atoms with Gasteiger partial charge in [-0.1, -0.05) is 0 Å². The van der Waals surface area contributed by atoms with Crippen molar-refractivity contribution in [3.8, 4) is 11.8 Å². The number of hydrogen-bond acceptors (Lipinski definition) is 12. The van der Waals surface area contributed by atoms with Gasteiger partial charge in [-0.15, -0.1) is 11.3 Å². The summed E-state index contributed by atoms with van der Waals surface area (Å²) in [6.07, 6.45) is -2.27. The number of benzene rings is 2. The van der Waals surface area contributed by atoms with E-state index in [0.29, 0.717) is 15.8 Å². The first-order valence-corrected chi connectivity index (χ1v) is 19.8. The number of nitrogens with zero attached hydrogens (tertiary/aromatic N) is 2. The molecule has 0 spiro atoms. The van der Waals surface area contributed by atoms with Crippen LogP contribution >= 0.6 is 18.9 Å². The molecule has 5 N–H and O–H groups in total. The highest BCUT2D eigenvalue weighted by Gasteiger charge is 2.27. The van der Waals surface area contributed by atoms with Crippen molar-refractivity contribution in [2.75, 3.05) is 44.3 Å². The Morgan fingerprint density at radius 3 is 2.10 bits per heavy atom. The minimum atomic E-state index is -4.63. The molecular weight excluding hydrogens is 742 g/mol. The van der Waals surface area contributed by atoms with Crippen LogP contribution in [-0.4, -0.2) is 86.5 Å². The molecule has 0 aliphatic carbocycles. The predicted octanol–water partition coefficient (Wildman–Crippen LogP) is 4.70. The Morgan fingerprint density at radius 1 is 0.962 bits per heavy atom. The van der Waals surface area contributed by atoms with Crippen molar-refractivity contribution in [3.63, 3.8) is 0 Å². The zero-order chi connectivity index (χ0) is 38.9. The third-order valence-electron chi connectivity index (χ3n) is 6.37. The largest absolute Gasteiger partial charge is 0.444 e. The van der Waals surface area contributed by atoms with E-state index in [1.54, 1.807) is 70.7 Å². The fourth-order valence-electron chi connectivity index (χ4n) is 4.24. The summed E-state index contributed by atoms with van der Waals surface area (Å²) in [6, 6.07) is 10.6. The first kappa shape index (κ1) is 42.1. The Balaban J connectivity index is 1.63. The Labute approximate surface area is 305 Å². The van der Waals surface area contributed by atoms with E-state index in [0.717, 1.165) is 29.5 Å². The molecule has 0 aliphatic heterocycles. The number of thiophene rings is 1. The SMILES string of the molecule is CC(C)(C)OC(=O)NCCN(CCNC(=O)OC(C)(C)C)CC(=O)Nc1ccc2sc(S(=O)(=O)NCP(=O)(O)Oc3ccc(C#N)c(F)c3)cc2c1. The quantitative estimate of drug-likeness (QED) is 0.132. The molecule has 1 aromatic heterocycles. The van der Waals surface area contributed by atoms with E-state index in [1.807, 2.05) is 4.72 Å². The van der Waals surface area contributed by atoms with E-state index in [4.69, 9.17) is 19.3 Å². The number of nitriles is 1. The topological polar surface area (TPSA) is 225 Å². The molecular formula is C32H42FN6O10PS2. The van der Waals surface area contributed by atoms with E-state index < -0.39 is 59.0 Å². The monoisotopic (exact) mass is 784 g/mol. The van der Waals surface area contributed by atoms with Gasteiger partial charge in [0.25, 0.3) is 10.0 Å². The number of fused-ring (bicyclic) bond motifs is 1. The van der Waals surface area contributed by atoms with Gasteiger partial charge in [0.05, 0.1) is 12.1 Å². The summed E-state index contributed by atoms with van der Waals surface area (Å²) in [5, 5.41) is 17.3. The number of alkyl carbamates (subject to hydrolysis) is 2. The van der Waals surface area contributed by atoms with Crippen molar-refractivity contribution in [2.45, 2.75) is 57.0 Å². The minimum absolute atomic E-state index is 0.129. The van der Waals surface area contributed by atoms with Crippen molar-refractivity contribution in [2.24, 2.45) is 0 Å². The zero-order valence-electron chi connectivity index (χ0n) is 29.4. The van der Waals surface area contributed by atoms with Crippen molar-refractivity contribution in [1.82, 2.24) is 20.3 Å². The minimum Gasteiger partial charge on any atom is -0.444 e. The van der Waals surface area contributed by atoms with Crippen molar-refractivity contribution in [3.05, 3.63) is 53.8 Å². The first-order chi connectivity index (χ1) is 24.0. The number of hydrogen-bond donors (Lipinski definition) is 5. The number of carbonyl (C=O) groups excluding carboxylic acids is 3. The van der Waals surface area contributed by atoms with E-state index in [2.05, 4.69) is 16.0 Å². The van der Waals surface area contributed by atoms with Gasteiger partial charge in [0.2, 0.25) is 5.91 Å². The van der Waals surface area contributed by atoms with E-state index >= 15 is 0 Å². The van der Waals surface area contributed by atoms with Gasteiger partial charge in [-0.25, -0.2) is 27.0 Å². The molecule has 0 aliphatic rings. The van der Waals surface area contributed by atoms with Gasteiger partial charge >= 0.3 is 19.8 Å². The molecule has 3 amide bonds. The maximum atomic E-state index is 13.9. The van der Waals surface area contributed by atoms with E-state index in [9.17, 15) is 36.7 Å². The van der Waals surface area contributed by atoms with Crippen LogP contribution in [0.2, 0.25) is 0 Å². The van der Waals surface area contributed by atoms with Crippen molar-refractivity contribution in [1.29, 1.82) is 5.26 Å². The summed E-state index contributed by atoms with van der Waals surface area (Å²) in [5.41, 5.74) is -1.33. The van der Waals surface area contributed by atoms with E-state index in [-0.39, 0.29) is 48.2 Å². The Hall–Kier alpha value is -4.31. The van der Waals surface area contributed by atoms with Gasteiger partial charge in [0, 0.05) is 42.6 Å². The molecule has 0 saturated carbocycles. The van der Waals surface area contributed by atoms with Gasteiger partial charge in [0.1, 0.15) is 39.3 Å². The predicted molar refractivity (Wildman–Crippen MR) is 192 cm³/mol. The second-order valence-corrected chi connectivity index (χ2v) is 18.1. The fraction of sp³-hybridized carbons (Fsp3) is 0.438. The lowest BCUT2D eigenvalue weighted by Gasteiger charge is -2.24. The Morgan fingerprint density at radius 2 is 1.56 bits per heavy atom. The second-order valence-electron chi connectivity index (χ2n) is 13.3. The van der Waals surface area contributed by atoms with Crippen LogP contribution < -0.4 is 25.2 Å². The molecule has 1 heterocycles. The van der Waals surface area contributed by atoms with Crippen LogP contribution in [-0.2, 0) is 28.9 Å². The standard InChI is InChI=1S/C32H42FN6O10PS2/c1-31(2,3)47-29(41)35-11-13-39(14-12-36-30(42)48-32(4,5)6)19-27(40)38-23-8-10-26-22(15-23)16-28(51-26)52(45,46)37-20-50(43,44)49-24-9-7-21(18-34)25(33)17-24/h7-10,15-17,37H,11-14,19-20H2,1-6H3,(H,35,41)(H,36,42)(H,38,40)(H,43,44). The smallest absolute Gasteiger partial charge is 0.407 e. The van der Waals surface area contributed by atoms with E-state index in [1.165, 1.54) is 6.07 Å². The number of rotatable bonds is 15. The number of sulfonamides is 1. The van der Waals surface area contributed by atoms with Gasteiger partial charge in [-0.3, -0.25) is 9.69 Å². The molecule has 3 aromatic rings. The highest BCUT2D eigenvalue weighted by molar-refractivity contribution is 7.92. The maximum absolute atomic E-state index is 13.9. The van der Waals surface area contributed by atoms with Gasteiger partial charge < -0.3 is 34.8 Å². The second kappa shape index (κ2) is 17.5. The number of anilines is 1. The Bertz CT molecular complexity index is 1940. The van der Waals surface area contributed by atoms with Crippen molar-refractivity contribution < 1.29 is 50.6 Å². The van der Waals surface area contributed by atoms with Crippen LogP contribution in [0.1, 0.15) is 47.1 Å². The molecule has 16 nitrogen and oxygen atoms in total. The summed E-state index contributed by atoms with van der Waals surface area (Å²) < 4.78 is 70.1. The van der Waals surface area contributed by atoms with Crippen LogP contribution in [0.3, 0.4) is 0 Å². The molecule has 20 heteroatoms. The van der Waals surface area contributed by atoms with Crippen molar-refractivity contribution >= 4 is 62.8 Å². The first-order valence-electron chi connectivity index (χ1n) is 15.7. The Kier molecular flexibility index (Phi) is 14.1. The number of amides is 3. The highest BCUT2D eigenvalue weighted by atomic mass is 32.2. The zero-order valence-corrected chi connectivity index (χ0v) is 32.0. The normalized spacial score (nSPS) is 13.2. The van der Waals surface area contributed by atoms with Crippen LogP contribution in [0, 0.1) is 17.1 Å². The molecule has 0 saturated heterocycles. The molecule has 1 unspecified atom stereocenters. The van der Waals surface area contributed by atoms with Crippen LogP contribution in [0.25, 0.3) is 10.1 Å². The number of carbonyl (C=O) groups is 3. The molecule has 284 valence electrons. The molecule has 0 radical (unpaired) electrons. The number of nitrogens with one attached hydrogen (secondary N) is 4. The summed E-state index contributed by atoms with van der Waals surface area (Å²) >= 11 is 0.879. The maximum Gasteiger partial charge on any atom is 0.407 e. The molecule has 52 heavy (non-hydrogen) atoms. The van der Waals surface area contributed by atoms with Crippen LogP contribution in [0.15, 0.2) is 46.7 Å². The lowest BCUT2D eigenvalue weighted by Crippen LogP contribution is -2.44. The molecule has 0 bridgehead atoms. The average Bonchev–Trinajstić information content (AvgIpc) is 3.43. The number of ether oxygens (including phenoxy) is 2. The summed E-state index contributed by atoms with van der Waals surface area (Å²) in [5.74, 6) is -1.77. The summed E-state index contributed by atoms with van der Waals surface area (Å²) in [7, 11) is -8.93. The molecule has 0 fully saturated rings. The van der Waals surface area contributed by atoms with Crippen LogP contribution in [0.5, 0.6) is 5.75 Å². The average molecular weight is 785 g/mol. The number of halogens is 1. The summed E-state index contributed by atoms with van der Waals surface area (Å²) in [6.45, 7) is 11.0. The highest BCUT2D eigenvalue weighted by Crippen LogP contribution is 2.42. The summed E-state index contributed by atoms with van der Waals surface area (Å²) in [4.78, 5) is 49.1. The fourth-order valence-corrected chi connectivity index (χ4v) is 8.16. The molecule has 2 aromatic carbocycles. The molecule has 1 atom stereocenters. The third kappa shape index (κ3) is 14.4. The lowest BCUT2D eigenvalue weighted by atomic mass is 10.2. The van der Waals surface area contributed by atoms with Crippen LogP contribution in [0.4, 0.5) is 19.7 Å². The lowest BCUT2D eigenvalue weighted by molar-refractivity contribution is -0.117. The van der Waals surface area contributed by atoms with Gasteiger partial charge in [0.15, 0.2) is 0 Å². The third-order valence-corrected chi connectivity index (χ3v) is 10.6. The van der Waals surface area contributed by atoms with Gasteiger partial charge in [-0.05, 0) is 83.3 Å². The molecule has 3 rings (SSSR count).